The molecule has 0 fully saturated rings. The minimum atomic E-state index is -0.394. The second-order valence-electron chi connectivity index (χ2n) is 6.41. The van der Waals surface area contributed by atoms with Gasteiger partial charge in [-0.25, -0.2) is 4.79 Å². The predicted molar refractivity (Wildman–Crippen MR) is 101 cm³/mol. The number of rotatable bonds is 7. The molecule has 1 heterocycles. The maximum atomic E-state index is 12.0. The molecule has 1 aromatic carbocycles. The zero-order valence-electron chi connectivity index (χ0n) is 15.2. The van der Waals surface area contributed by atoms with Gasteiger partial charge in [-0.05, 0) is 50.1 Å². The zero-order chi connectivity index (χ0) is 18.6. The first-order chi connectivity index (χ1) is 11.8. The average molecular weight is 365 g/mol. The van der Waals surface area contributed by atoms with E-state index in [1.54, 1.807) is 0 Å². The number of likely N-dealkylation sites (N-methyl/N-ethyl adjacent to an activating group) is 1. The maximum absolute atomic E-state index is 12.0. The van der Waals surface area contributed by atoms with Crippen molar-refractivity contribution in [2.45, 2.75) is 46.7 Å². The minimum Gasteiger partial charge on any atom is -0.423 e. The van der Waals surface area contributed by atoms with Crippen LogP contribution in [-0.2, 0) is 17.8 Å². The van der Waals surface area contributed by atoms with Crippen molar-refractivity contribution in [2.75, 3.05) is 13.1 Å². The van der Waals surface area contributed by atoms with Crippen LogP contribution < -0.4 is 10.9 Å². The van der Waals surface area contributed by atoms with E-state index in [-0.39, 0.29) is 18.5 Å². The van der Waals surface area contributed by atoms with E-state index in [0.29, 0.717) is 23.7 Å². The number of hydrogen-bond acceptors (Lipinski definition) is 4. The summed E-state index contributed by atoms with van der Waals surface area (Å²) in [6.45, 7) is 9.28. The Hall–Kier alpha value is -1.85. The summed E-state index contributed by atoms with van der Waals surface area (Å²) in [5.74, 6) is -0.0320. The molecular formula is C19H25ClN2O3. The summed E-state index contributed by atoms with van der Waals surface area (Å²) in [5.41, 5.74) is 1.90. The van der Waals surface area contributed by atoms with Crippen LogP contribution in [0.15, 0.2) is 27.4 Å². The molecular weight excluding hydrogens is 340 g/mol. The van der Waals surface area contributed by atoms with Gasteiger partial charge in [-0.1, -0.05) is 25.4 Å². The summed E-state index contributed by atoms with van der Waals surface area (Å²) in [7, 11) is 0. The van der Waals surface area contributed by atoms with E-state index in [4.69, 9.17) is 16.0 Å². The standard InChI is InChI=1S/C19H25ClN2O3/c1-5-13-7-17-15(9-16(13)20)14(8-19(24)25-17)10-22(6-2)11-18(23)21-12(3)4/h7-9,12H,5-6,10-11H2,1-4H3,(H,21,23). The van der Waals surface area contributed by atoms with Gasteiger partial charge in [0.15, 0.2) is 0 Å². The Labute approximate surface area is 153 Å². The smallest absolute Gasteiger partial charge is 0.336 e. The summed E-state index contributed by atoms with van der Waals surface area (Å²) in [6, 6.07) is 5.25. The number of nitrogens with zero attached hydrogens (tertiary/aromatic N) is 1. The van der Waals surface area contributed by atoms with Gasteiger partial charge in [-0.2, -0.15) is 0 Å². The van der Waals surface area contributed by atoms with Crippen molar-refractivity contribution < 1.29 is 9.21 Å². The molecule has 0 atom stereocenters. The Kier molecular flexibility index (Phi) is 6.62. The average Bonchev–Trinajstić information content (AvgIpc) is 2.53. The Balaban J connectivity index is 2.34. The molecule has 0 saturated carbocycles. The van der Waals surface area contributed by atoms with Crippen LogP contribution in [-0.4, -0.2) is 29.9 Å². The van der Waals surface area contributed by atoms with E-state index < -0.39 is 5.63 Å². The van der Waals surface area contributed by atoms with Gasteiger partial charge in [-0.3, -0.25) is 9.69 Å². The lowest BCUT2D eigenvalue weighted by Gasteiger charge is -2.21. The van der Waals surface area contributed by atoms with E-state index >= 15 is 0 Å². The van der Waals surface area contributed by atoms with Gasteiger partial charge in [0, 0.05) is 29.1 Å². The van der Waals surface area contributed by atoms with Crippen LogP contribution >= 0.6 is 11.6 Å². The minimum absolute atomic E-state index is 0.0320. The number of hydrogen-bond donors (Lipinski definition) is 1. The largest absolute Gasteiger partial charge is 0.423 e. The Morgan fingerprint density at radius 3 is 2.56 bits per heavy atom. The highest BCUT2D eigenvalue weighted by Crippen LogP contribution is 2.26. The quantitative estimate of drug-likeness (QED) is 0.765. The van der Waals surface area contributed by atoms with Crippen molar-refractivity contribution in [3.8, 4) is 0 Å². The lowest BCUT2D eigenvalue weighted by Crippen LogP contribution is -2.39. The van der Waals surface area contributed by atoms with E-state index in [0.717, 1.165) is 22.9 Å². The summed E-state index contributed by atoms with van der Waals surface area (Å²) in [5, 5.41) is 4.35. The first-order valence-corrected chi connectivity index (χ1v) is 8.98. The molecule has 0 unspecified atom stereocenters. The van der Waals surface area contributed by atoms with Crippen LogP contribution in [0, 0.1) is 0 Å². The zero-order valence-corrected chi connectivity index (χ0v) is 15.9. The molecule has 1 N–H and O–H groups in total. The van der Waals surface area contributed by atoms with E-state index in [1.165, 1.54) is 6.07 Å². The lowest BCUT2D eigenvalue weighted by atomic mass is 10.1. The molecule has 0 aliphatic heterocycles. The Bertz CT molecular complexity index is 814. The van der Waals surface area contributed by atoms with E-state index in [9.17, 15) is 9.59 Å². The van der Waals surface area contributed by atoms with Crippen molar-refractivity contribution in [1.82, 2.24) is 10.2 Å². The van der Waals surface area contributed by atoms with E-state index in [1.807, 2.05) is 44.7 Å². The van der Waals surface area contributed by atoms with Gasteiger partial charge in [0.05, 0.1) is 6.54 Å². The predicted octanol–water partition coefficient (Wildman–Crippen LogP) is 3.36. The highest BCUT2D eigenvalue weighted by atomic mass is 35.5. The van der Waals surface area contributed by atoms with E-state index in [2.05, 4.69) is 5.32 Å². The Morgan fingerprint density at radius 1 is 1.24 bits per heavy atom. The van der Waals surface area contributed by atoms with Crippen molar-refractivity contribution in [3.63, 3.8) is 0 Å². The molecule has 0 aliphatic rings. The molecule has 1 aromatic heterocycles. The van der Waals surface area contributed by atoms with Crippen LogP contribution in [0.5, 0.6) is 0 Å². The molecule has 0 saturated heterocycles. The Morgan fingerprint density at radius 2 is 1.96 bits per heavy atom. The van der Waals surface area contributed by atoms with Crippen LogP contribution in [0.2, 0.25) is 5.02 Å². The molecule has 1 amide bonds. The topological polar surface area (TPSA) is 62.6 Å². The molecule has 0 aliphatic carbocycles. The number of carbonyl (C=O) groups is 1. The molecule has 2 aromatic rings. The summed E-state index contributed by atoms with van der Waals surface area (Å²) >= 11 is 6.33. The molecule has 6 heteroatoms. The summed E-state index contributed by atoms with van der Waals surface area (Å²) in [4.78, 5) is 25.9. The highest BCUT2D eigenvalue weighted by Gasteiger charge is 2.15. The first kappa shape index (κ1) is 19.5. The number of carbonyl (C=O) groups excluding carboxylic acids is 1. The van der Waals surface area contributed by atoms with Crippen molar-refractivity contribution in [1.29, 1.82) is 0 Å². The lowest BCUT2D eigenvalue weighted by molar-refractivity contribution is -0.122. The second kappa shape index (κ2) is 8.50. The van der Waals surface area contributed by atoms with Gasteiger partial charge >= 0.3 is 5.63 Å². The summed E-state index contributed by atoms with van der Waals surface area (Å²) in [6.07, 6.45) is 0.763. The molecule has 0 spiro atoms. The van der Waals surface area contributed by atoms with Crippen LogP contribution in [0.3, 0.4) is 0 Å². The maximum Gasteiger partial charge on any atom is 0.336 e. The van der Waals surface area contributed by atoms with Gasteiger partial charge in [0.1, 0.15) is 5.58 Å². The second-order valence-corrected chi connectivity index (χ2v) is 6.82. The molecule has 5 nitrogen and oxygen atoms in total. The third-order valence-corrected chi connectivity index (χ3v) is 4.39. The number of nitrogens with one attached hydrogen (secondary N) is 1. The third kappa shape index (κ3) is 5.06. The van der Waals surface area contributed by atoms with Gasteiger partial charge in [-0.15, -0.1) is 0 Å². The summed E-state index contributed by atoms with van der Waals surface area (Å²) < 4.78 is 5.34. The monoisotopic (exact) mass is 364 g/mol. The fraction of sp³-hybridized carbons (Fsp3) is 0.474. The normalized spacial score (nSPS) is 11.5. The number of halogens is 1. The highest BCUT2D eigenvalue weighted by molar-refractivity contribution is 6.32. The fourth-order valence-electron chi connectivity index (χ4n) is 2.78. The number of amides is 1. The molecule has 0 bridgehead atoms. The van der Waals surface area contributed by atoms with Crippen molar-refractivity contribution in [3.05, 3.63) is 44.8 Å². The van der Waals surface area contributed by atoms with Gasteiger partial charge < -0.3 is 9.73 Å². The fourth-order valence-corrected chi connectivity index (χ4v) is 3.08. The molecule has 136 valence electrons. The number of fused-ring (bicyclic) bond motifs is 1. The molecule has 25 heavy (non-hydrogen) atoms. The van der Waals surface area contributed by atoms with Crippen molar-refractivity contribution in [2.24, 2.45) is 0 Å². The molecule has 2 rings (SSSR count). The molecule has 0 radical (unpaired) electrons. The van der Waals surface area contributed by atoms with Crippen LogP contribution in [0.1, 0.15) is 38.8 Å². The number of aryl methyl sites for hydroxylation is 1. The van der Waals surface area contributed by atoms with Gasteiger partial charge in [0.25, 0.3) is 0 Å². The van der Waals surface area contributed by atoms with Gasteiger partial charge in [0.2, 0.25) is 5.91 Å². The number of benzene rings is 1. The van der Waals surface area contributed by atoms with Crippen LogP contribution in [0.4, 0.5) is 0 Å². The SMILES string of the molecule is CCc1cc2oc(=O)cc(CN(CC)CC(=O)NC(C)C)c2cc1Cl. The van der Waals surface area contributed by atoms with Crippen LogP contribution in [0.25, 0.3) is 11.0 Å². The van der Waals surface area contributed by atoms with Crippen molar-refractivity contribution >= 4 is 28.5 Å². The first-order valence-electron chi connectivity index (χ1n) is 8.60. The third-order valence-electron chi connectivity index (χ3n) is 4.04.